The number of esters is 1. The van der Waals surface area contributed by atoms with Crippen LogP contribution in [-0.2, 0) is 4.74 Å². The van der Waals surface area contributed by atoms with Crippen molar-refractivity contribution in [3.05, 3.63) is 22.3 Å². The van der Waals surface area contributed by atoms with Crippen LogP contribution in [0, 0.1) is 13.8 Å². The van der Waals surface area contributed by atoms with Gasteiger partial charge in [-0.3, -0.25) is 0 Å². The Bertz CT molecular complexity index is 545. The van der Waals surface area contributed by atoms with E-state index in [9.17, 15) is 20.1 Å². The van der Waals surface area contributed by atoms with Gasteiger partial charge in [0.25, 0.3) is 0 Å². The van der Waals surface area contributed by atoms with Gasteiger partial charge >= 0.3 is 5.97 Å². The summed E-state index contributed by atoms with van der Waals surface area (Å²) in [6, 6.07) is 0. The monoisotopic (exact) mass is 252 g/mol. The van der Waals surface area contributed by atoms with Crippen LogP contribution in [-0.4, -0.2) is 27.1 Å². The molecule has 0 spiro atoms. The number of phenolic OH excluding ortho intramolecular Hbond substituents is 2. The molecule has 0 fully saturated rings. The Morgan fingerprint density at radius 1 is 1.17 bits per heavy atom. The largest absolute Gasteiger partial charge is 0.507 e. The van der Waals surface area contributed by atoms with Crippen molar-refractivity contribution in [1.29, 1.82) is 0 Å². The Morgan fingerprint density at radius 3 is 2.28 bits per heavy atom. The Morgan fingerprint density at radius 2 is 1.72 bits per heavy atom. The first-order valence-electron chi connectivity index (χ1n) is 5.69. The summed E-state index contributed by atoms with van der Waals surface area (Å²) in [5.41, 5.74) is 1.17. The molecule has 98 valence electrons. The van der Waals surface area contributed by atoms with Gasteiger partial charge in [-0.25, -0.2) is 4.79 Å². The van der Waals surface area contributed by atoms with Crippen LogP contribution >= 0.6 is 0 Å². The van der Waals surface area contributed by atoms with E-state index in [4.69, 9.17) is 4.74 Å². The molecule has 2 rings (SSSR count). The number of hydrogen-bond donors (Lipinski definition) is 3. The molecule has 1 aromatic carbocycles. The predicted octanol–water partition coefficient (Wildman–Crippen LogP) is 1.70. The minimum atomic E-state index is -1.65. The van der Waals surface area contributed by atoms with Crippen LogP contribution in [0.5, 0.6) is 11.5 Å². The zero-order chi connectivity index (χ0) is 13.8. The normalized spacial score (nSPS) is 26.7. The van der Waals surface area contributed by atoms with E-state index in [1.807, 2.05) is 0 Å². The highest BCUT2D eigenvalue weighted by molar-refractivity contribution is 5.97. The molecule has 0 aromatic heterocycles. The van der Waals surface area contributed by atoms with Crippen molar-refractivity contribution in [3.8, 4) is 11.5 Å². The molecule has 0 radical (unpaired) electrons. The smallest absolute Gasteiger partial charge is 0.344 e. The lowest BCUT2D eigenvalue weighted by atomic mass is 9.82. The molecule has 5 nitrogen and oxygen atoms in total. The first-order valence-corrected chi connectivity index (χ1v) is 5.69. The summed E-state index contributed by atoms with van der Waals surface area (Å²) in [5.74, 6) is -3.33. The van der Waals surface area contributed by atoms with E-state index in [1.54, 1.807) is 13.8 Å². The van der Waals surface area contributed by atoms with Crippen LogP contribution < -0.4 is 0 Å². The van der Waals surface area contributed by atoms with Gasteiger partial charge in [-0.2, -0.15) is 0 Å². The Hall–Kier alpha value is -1.75. The highest BCUT2D eigenvalue weighted by atomic mass is 16.7. The van der Waals surface area contributed by atoms with Crippen molar-refractivity contribution in [2.24, 2.45) is 0 Å². The maximum absolute atomic E-state index is 11.9. The summed E-state index contributed by atoms with van der Waals surface area (Å²) in [5, 5.41) is 29.9. The van der Waals surface area contributed by atoms with Gasteiger partial charge in [0.2, 0.25) is 5.79 Å². The second-order valence-electron chi connectivity index (χ2n) is 4.90. The van der Waals surface area contributed by atoms with E-state index < -0.39 is 17.7 Å². The van der Waals surface area contributed by atoms with Crippen LogP contribution in [0.4, 0.5) is 0 Å². The number of aliphatic hydroxyl groups is 1. The van der Waals surface area contributed by atoms with Gasteiger partial charge in [0.15, 0.2) is 0 Å². The molecular weight excluding hydrogens is 236 g/mol. The third-order valence-electron chi connectivity index (χ3n) is 3.72. The quantitative estimate of drug-likeness (QED) is 0.612. The Labute approximate surface area is 105 Å². The lowest BCUT2D eigenvalue weighted by molar-refractivity contribution is -0.170. The summed E-state index contributed by atoms with van der Waals surface area (Å²) in [4.78, 5) is 11.9. The maximum atomic E-state index is 11.9. The molecule has 1 heterocycles. The number of rotatable bonds is 0. The fourth-order valence-corrected chi connectivity index (χ4v) is 2.37. The van der Waals surface area contributed by atoms with Gasteiger partial charge in [-0.15, -0.1) is 0 Å². The molecule has 5 heteroatoms. The molecular formula is C13H16O5. The van der Waals surface area contributed by atoms with E-state index in [2.05, 4.69) is 0 Å². The second-order valence-corrected chi connectivity index (χ2v) is 4.90. The first kappa shape index (κ1) is 12.7. The van der Waals surface area contributed by atoms with Gasteiger partial charge in [-0.05, 0) is 25.0 Å². The topological polar surface area (TPSA) is 87.0 Å². The molecule has 0 saturated carbocycles. The molecule has 1 aromatic rings. The minimum absolute atomic E-state index is 0.0295. The SMILES string of the molecule is Cc1c(O)c(C)c2c(c1O)C(=O)OC(C)(O)C2C. The van der Waals surface area contributed by atoms with Crippen LogP contribution in [0.1, 0.15) is 46.8 Å². The summed E-state index contributed by atoms with van der Waals surface area (Å²) >= 11 is 0. The van der Waals surface area contributed by atoms with Gasteiger partial charge in [0, 0.05) is 18.4 Å². The van der Waals surface area contributed by atoms with Gasteiger partial charge < -0.3 is 20.1 Å². The lowest BCUT2D eigenvalue weighted by Gasteiger charge is -2.37. The molecule has 0 aliphatic carbocycles. The highest BCUT2D eigenvalue weighted by Crippen LogP contribution is 2.46. The van der Waals surface area contributed by atoms with Crippen LogP contribution in [0.3, 0.4) is 0 Å². The van der Waals surface area contributed by atoms with Crippen molar-refractivity contribution in [2.75, 3.05) is 0 Å². The number of aromatic hydroxyl groups is 2. The minimum Gasteiger partial charge on any atom is -0.507 e. The van der Waals surface area contributed by atoms with E-state index in [0.717, 1.165) is 0 Å². The molecule has 0 saturated heterocycles. The van der Waals surface area contributed by atoms with E-state index in [0.29, 0.717) is 11.1 Å². The average molecular weight is 252 g/mol. The zero-order valence-corrected chi connectivity index (χ0v) is 10.7. The number of cyclic esters (lactones) is 1. The number of ether oxygens (including phenoxy) is 1. The fourth-order valence-electron chi connectivity index (χ4n) is 2.37. The van der Waals surface area contributed by atoms with Crippen LogP contribution in [0.2, 0.25) is 0 Å². The van der Waals surface area contributed by atoms with Gasteiger partial charge in [0.1, 0.15) is 17.1 Å². The molecule has 3 N–H and O–H groups in total. The number of fused-ring (bicyclic) bond motifs is 1. The van der Waals surface area contributed by atoms with Gasteiger partial charge in [-0.1, -0.05) is 6.92 Å². The number of carbonyl (C=O) groups is 1. The van der Waals surface area contributed by atoms with Crippen LogP contribution in [0.15, 0.2) is 0 Å². The number of hydrogen-bond acceptors (Lipinski definition) is 5. The standard InChI is InChI=1S/C13H16O5/c1-5-8-7(3)13(4,17)18-12(16)9(8)11(15)6(2)10(5)14/h7,14-15,17H,1-4H3. The molecule has 2 unspecified atom stereocenters. The van der Waals surface area contributed by atoms with Gasteiger partial charge in [0.05, 0.1) is 0 Å². The molecule has 0 bridgehead atoms. The predicted molar refractivity (Wildman–Crippen MR) is 63.7 cm³/mol. The molecule has 1 aliphatic heterocycles. The maximum Gasteiger partial charge on any atom is 0.344 e. The van der Waals surface area contributed by atoms with Crippen LogP contribution in [0.25, 0.3) is 0 Å². The molecule has 2 atom stereocenters. The summed E-state index contributed by atoms with van der Waals surface area (Å²) < 4.78 is 4.92. The molecule has 18 heavy (non-hydrogen) atoms. The second kappa shape index (κ2) is 3.62. The summed E-state index contributed by atoms with van der Waals surface area (Å²) in [6.45, 7) is 6.22. The van der Waals surface area contributed by atoms with Crippen molar-refractivity contribution in [1.82, 2.24) is 0 Å². The first-order chi connectivity index (χ1) is 8.18. The summed E-state index contributed by atoms with van der Waals surface area (Å²) in [7, 11) is 0. The number of benzene rings is 1. The number of carbonyl (C=O) groups excluding carboxylic acids is 1. The average Bonchev–Trinajstić information content (AvgIpc) is 2.27. The number of phenols is 2. The van der Waals surface area contributed by atoms with Crippen molar-refractivity contribution in [3.63, 3.8) is 0 Å². The summed E-state index contributed by atoms with van der Waals surface area (Å²) in [6.07, 6.45) is 0. The molecule has 1 aliphatic rings. The Balaban J connectivity index is 2.85. The van der Waals surface area contributed by atoms with E-state index >= 15 is 0 Å². The fraction of sp³-hybridized carbons (Fsp3) is 0.462. The van der Waals surface area contributed by atoms with E-state index in [-0.39, 0.29) is 22.6 Å². The van der Waals surface area contributed by atoms with E-state index in [1.165, 1.54) is 13.8 Å². The zero-order valence-electron chi connectivity index (χ0n) is 10.7. The molecule has 0 amide bonds. The van der Waals surface area contributed by atoms with Crippen molar-refractivity contribution < 1.29 is 24.9 Å². The highest BCUT2D eigenvalue weighted by Gasteiger charge is 2.44. The lowest BCUT2D eigenvalue weighted by Crippen LogP contribution is -2.42. The van der Waals surface area contributed by atoms with Crippen molar-refractivity contribution in [2.45, 2.75) is 39.4 Å². The van der Waals surface area contributed by atoms with Crippen molar-refractivity contribution >= 4 is 5.97 Å². The third kappa shape index (κ3) is 1.47. The third-order valence-corrected chi connectivity index (χ3v) is 3.72. The Kier molecular flexibility index (Phi) is 2.55.